The number of aromatic nitrogens is 1. The van der Waals surface area contributed by atoms with Gasteiger partial charge in [-0.1, -0.05) is 48.0 Å². The predicted octanol–water partition coefficient (Wildman–Crippen LogP) is 4.74. The SMILES string of the molecule is O=C(N/N=C/c1c[nH]c2c1ccc1ccccc12)c1ccc(Cl)cc1. The molecule has 1 heterocycles. The zero-order valence-corrected chi connectivity index (χ0v) is 13.9. The van der Waals surface area contributed by atoms with Gasteiger partial charge in [0.15, 0.2) is 0 Å². The first-order chi connectivity index (χ1) is 12.2. The quantitative estimate of drug-likeness (QED) is 0.408. The van der Waals surface area contributed by atoms with Gasteiger partial charge in [0, 0.05) is 33.1 Å². The Morgan fingerprint density at radius 2 is 1.80 bits per heavy atom. The van der Waals surface area contributed by atoms with Crippen LogP contribution in [0.2, 0.25) is 5.02 Å². The van der Waals surface area contributed by atoms with E-state index in [1.54, 1.807) is 30.5 Å². The maximum atomic E-state index is 12.0. The van der Waals surface area contributed by atoms with Crippen LogP contribution < -0.4 is 5.43 Å². The fourth-order valence-electron chi connectivity index (χ4n) is 2.83. The summed E-state index contributed by atoms with van der Waals surface area (Å²) in [4.78, 5) is 15.3. The van der Waals surface area contributed by atoms with Gasteiger partial charge < -0.3 is 4.98 Å². The molecular weight excluding hydrogens is 334 g/mol. The van der Waals surface area contributed by atoms with E-state index < -0.39 is 0 Å². The molecule has 4 aromatic rings. The highest BCUT2D eigenvalue weighted by Crippen LogP contribution is 2.26. The predicted molar refractivity (Wildman–Crippen MR) is 102 cm³/mol. The van der Waals surface area contributed by atoms with Crippen LogP contribution in [0.15, 0.2) is 72.0 Å². The van der Waals surface area contributed by atoms with Gasteiger partial charge in [-0.05, 0) is 29.7 Å². The number of amides is 1. The molecule has 4 nitrogen and oxygen atoms in total. The first-order valence-corrected chi connectivity index (χ1v) is 8.18. The number of rotatable bonds is 3. The van der Waals surface area contributed by atoms with Gasteiger partial charge in [-0.15, -0.1) is 0 Å². The molecule has 1 aromatic heterocycles. The summed E-state index contributed by atoms with van der Waals surface area (Å²) in [6, 6.07) is 19.0. The van der Waals surface area contributed by atoms with Gasteiger partial charge in [0.25, 0.3) is 5.91 Å². The van der Waals surface area contributed by atoms with Crippen molar-refractivity contribution in [3.63, 3.8) is 0 Å². The molecule has 0 saturated carbocycles. The number of benzene rings is 3. The largest absolute Gasteiger partial charge is 0.360 e. The number of nitrogens with zero attached hydrogens (tertiary/aromatic N) is 1. The van der Waals surface area contributed by atoms with Crippen molar-refractivity contribution >= 4 is 45.4 Å². The van der Waals surface area contributed by atoms with Gasteiger partial charge in [0.1, 0.15) is 0 Å². The van der Waals surface area contributed by atoms with E-state index in [-0.39, 0.29) is 5.91 Å². The van der Waals surface area contributed by atoms with E-state index in [4.69, 9.17) is 11.6 Å². The third-order valence-corrected chi connectivity index (χ3v) is 4.34. The van der Waals surface area contributed by atoms with E-state index in [0.29, 0.717) is 10.6 Å². The van der Waals surface area contributed by atoms with Crippen molar-refractivity contribution in [2.45, 2.75) is 0 Å². The Morgan fingerprint density at radius 3 is 2.64 bits per heavy atom. The number of hydrogen-bond acceptors (Lipinski definition) is 2. The summed E-state index contributed by atoms with van der Waals surface area (Å²) in [6.07, 6.45) is 3.52. The highest BCUT2D eigenvalue weighted by Gasteiger charge is 2.06. The lowest BCUT2D eigenvalue weighted by Crippen LogP contribution is -2.17. The van der Waals surface area contributed by atoms with Gasteiger partial charge in [-0.3, -0.25) is 4.79 Å². The van der Waals surface area contributed by atoms with Crippen molar-refractivity contribution in [2.24, 2.45) is 5.10 Å². The van der Waals surface area contributed by atoms with E-state index >= 15 is 0 Å². The van der Waals surface area contributed by atoms with Crippen LogP contribution in [0.4, 0.5) is 0 Å². The molecule has 4 rings (SSSR count). The van der Waals surface area contributed by atoms with Crippen LogP contribution in [0.3, 0.4) is 0 Å². The number of aromatic amines is 1. The van der Waals surface area contributed by atoms with Crippen molar-refractivity contribution in [3.8, 4) is 0 Å². The van der Waals surface area contributed by atoms with Crippen LogP contribution in [0.1, 0.15) is 15.9 Å². The highest BCUT2D eigenvalue weighted by atomic mass is 35.5. The molecule has 2 N–H and O–H groups in total. The molecule has 0 aliphatic heterocycles. The average Bonchev–Trinajstić information content (AvgIpc) is 3.06. The van der Waals surface area contributed by atoms with Crippen molar-refractivity contribution in [2.75, 3.05) is 0 Å². The number of hydrazone groups is 1. The van der Waals surface area contributed by atoms with Gasteiger partial charge in [-0.2, -0.15) is 5.10 Å². The highest BCUT2D eigenvalue weighted by molar-refractivity contribution is 6.30. The zero-order chi connectivity index (χ0) is 17.2. The smallest absolute Gasteiger partial charge is 0.271 e. The van der Waals surface area contributed by atoms with Crippen molar-refractivity contribution < 1.29 is 4.79 Å². The fraction of sp³-hybridized carbons (Fsp3) is 0. The Morgan fingerprint density at radius 1 is 1.00 bits per heavy atom. The minimum atomic E-state index is -0.279. The summed E-state index contributed by atoms with van der Waals surface area (Å²) < 4.78 is 0. The first-order valence-electron chi connectivity index (χ1n) is 7.80. The summed E-state index contributed by atoms with van der Waals surface area (Å²) in [5.41, 5.74) is 5.01. The maximum Gasteiger partial charge on any atom is 0.271 e. The van der Waals surface area contributed by atoms with Crippen molar-refractivity contribution in [1.29, 1.82) is 0 Å². The molecule has 0 spiro atoms. The molecule has 5 heteroatoms. The zero-order valence-electron chi connectivity index (χ0n) is 13.2. The third kappa shape index (κ3) is 2.99. The molecule has 0 atom stereocenters. The summed E-state index contributed by atoms with van der Waals surface area (Å²) in [5.74, 6) is -0.279. The van der Waals surface area contributed by atoms with E-state index in [1.165, 1.54) is 5.39 Å². The molecule has 0 aliphatic rings. The molecule has 0 saturated heterocycles. The molecule has 0 bridgehead atoms. The molecule has 122 valence electrons. The van der Waals surface area contributed by atoms with E-state index in [2.05, 4.69) is 39.8 Å². The second kappa shape index (κ2) is 6.42. The minimum Gasteiger partial charge on any atom is -0.360 e. The number of nitrogens with one attached hydrogen (secondary N) is 2. The average molecular weight is 348 g/mol. The van der Waals surface area contributed by atoms with Gasteiger partial charge in [-0.25, -0.2) is 5.43 Å². The Bertz CT molecular complexity index is 1100. The van der Waals surface area contributed by atoms with Crippen LogP contribution in [0.5, 0.6) is 0 Å². The normalized spacial score (nSPS) is 11.4. The van der Waals surface area contributed by atoms with E-state index in [0.717, 1.165) is 21.9 Å². The lowest BCUT2D eigenvalue weighted by atomic mass is 10.1. The Balaban J connectivity index is 1.58. The number of H-pyrrole nitrogens is 1. The number of halogens is 1. The molecular formula is C20H14ClN3O. The topological polar surface area (TPSA) is 57.2 Å². The molecule has 3 aromatic carbocycles. The van der Waals surface area contributed by atoms with Gasteiger partial charge in [0.05, 0.1) is 11.7 Å². The molecule has 0 radical (unpaired) electrons. The van der Waals surface area contributed by atoms with Crippen LogP contribution in [0.25, 0.3) is 21.7 Å². The number of fused-ring (bicyclic) bond motifs is 3. The number of carbonyl (C=O) groups excluding carboxylic acids is 1. The molecule has 0 aliphatic carbocycles. The lowest BCUT2D eigenvalue weighted by molar-refractivity contribution is 0.0955. The third-order valence-electron chi connectivity index (χ3n) is 4.09. The fourth-order valence-corrected chi connectivity index (χ4v) is 2.95. The maximum absolute atomic E-state index is 12.0. The second-order valence-corrected chi connectivity index (χ2v) is 6.10. The summed E-state index contributed by atoms with van der Waals surface area (Å²) in [7, 11) is 0. The number of carbonyl (C=O) groups is 1. The van der Waals surface area contributed by atoms with Crippen LogP contribution in [0, 0.1) is 0 Å². The number of hydrogen-bond donors (Lipinski definition) is 2. The molecule has 25 heavy (non-hydrogen) atoms. The van der Waals surface area contributed by atoms with Crippen LogP contribution >= 0.6 is 11.6 Å². The van der Waals surface area contributed by atoms with E-state index in [1.807, 2.05) is 18.3 Å². The summed E-state index contributed by atoms with van der Waals surface area (Å²) >= 11 is 5.82. The lowest BCUT2D eigenvalue weighted by Gasteiger charge is -2.00. The Hall–Kier alpha value is -3.11. The molecule has 0 fully saturated rings. The standard InChI is InChI=1S/C20H14ClN3O/c21-16-8-5-14(6-9-16)20(25)24-23-12-15-11-22-19-17-4-2-1-3-13(17)7-10-18(15)19/h1-12,22H,(H,24,25)/b23-12+. The summed E-state index contributed by atoms with van der Waals surface area (Å²) in [5, 5.41) is 8.05. The van der Waals surface area contributed by atoms with Crippen molar-refractivity contribution in [3.05, 3.63) is 83.0 Å². The van der Waals surface area contributed by atoms with Gasteiger partial charge >= 0.3 is 0 Å². The molecule has 1 amide bonds. The Labute approximate surface area is 149 Å². The first kappa shape index (κ1) is 15.4. The second-order valence-electron chi connectivity index (χ2n) is 5.66. The van der Waals surface area contributed by atoms with Crippen LogP contribution in [-0.4, -0.2) is 17.1 Å². The van der Waals surface area contributed by atoms with Crippen LogP contribution in [-0.2, 0) is 0 Å². The molecule has 0 unspecified atom stereocenters. The summed E-state index contributed by atoms with van der Waals surface area (Å²) in [6.45, 7) is 0. The van der Waals surface area contributed by atoms with Crippen molar-refractivity contribution in [1.82, 2.24) is 10.4 Å². The van der Waals surface area contributed by atoms with Gasteiger partial charge in [0.2, 0.25) is 0 Å². The monoisotopic (exact) mass is 347 g/mol. The minimum absolute atomic E-state index is 0.279. The Kier molecular flexibility index (Phi) is 3.96. The van der Waals surface area contributed by atoms with E-state index in [9.17, 15) is 4.79 Å².